The van der Waals surface area contributed by atoms with E-state index >= 15 is 0 Å². The number of hydrogen-bond donors (Lipinski definition) is 0. The smallest absolute Gasteiger partial charge is 0.223 e. The van der Waals surface area contributed by atoms with Crippen LogP contribution in [0, 0.1) is 17.3 Å². The molecule has 2 aliphatic heterocycles. The highest BCUT2D eigenvalue weighted by atomic mass is 16.2. The van der Waals surface area contributed by atoms with Crippen molar-refractivity contribution in [2.45, 2.75) is 90.9 Å². The van der Waals surface area contributed by atoms with Gasteiger partial charge >= 0.3 is 0 Å². The van der Waals surface area contributed by atoms with Crippen molar-refractivity contribution in [2.75, 3.05) is 26.2 Å². The zero-order chi connectivity index (χ0) is 19.3. The molecule has 0 aromatic rings. The number of amides is 2. The van der Waals surface area contributed by atoms with E-state index in [1.165, 1.54) is 25.7 Å². The maximum absolute atomic E-state index is 13.1. The van der Waals surface area contributed by atoms with Crippen LogP contribution in [-0.2, 0) is 9.59 Å². The number of hydrogen-bond acceptors (Lipinski definition) is 2. The number of nitrogens with zero attached hydrogens (tertiary/aromatic N) is 2. The van der Waals surface area contributed by atoms with Crippen molar-refractivity contribution in [2.24, 2.45) is 17.3 Å². The van der Waals surface area contributed by atoms with Crippen molar-refractivity contribution < 1.29 is 9.59 Å². The molecule has 0 N–H and O–H groups in total. The van der Waals surface area contributed by atoms with Gasteiger partial charge in [0, 0.05) is 39.0 Å². The van der Waals surface area contributed by atoms with E-state index in [0.717, 1.165) is 76.5 Å². The lowest BCUT2D eigenvalue weighted by Crippen LogP contribution is -2.40. The van der Waals surface area contributed by atoms with Crippen LogP contribution >= 0.6 is 0 Å². The normalized spacial score (nSPS) is 29.3. The van der Waals surface area contributed by atoms with Gasteiger partial charge in [-0.2, -0.15) is 0 Å². The molecule has 0 aromatic carbocycles. The van der Waals surface area contributed by atoms with Crippen LogP contribution in [0.5, 0.6) is 0 Å². The lowest BCUT2D eigenvalue weighted by atomic mass is 9.78. The third kappa shape index (κ3) is 5.71. The van der Waals surface area contributed by atoms with Gasteiger partial charge in [-0.25, -0.2) is 0 Å². The van der Waals surface area contributed by atoms with Gasteiger partial charge in [0.2, 0.25) is 11.8 Å². The second-order valence-corrected chi connectivity index (χ2v) is 9.89. The molecular weight excluding hydrogens is 336 g/mol. The molecule has 4 heteroatoms. The first kappa shape index (κ1) is 20.7. The van der Waals surface area contributed by atoms with Crippen LogP contribution in [0.25, 0.3) is 0 Å². The molecule has 27 heavy (non-hydrogen) atoms. The summed E-state index contributed by atoms with van der Waals surface area (Å²) < 4.78 is 0. The standard InChI is InChI=1S/C23H40N2O2/c1-19-7-5-13-24(15-9-19)21(26)17-23(11-3-4-12-23)18-22(27)25-14-6-8-20(2)10-16-25/h19-20H,3-18H2,1-2H3/t19-,20-/m1/s1. The lowest BCUT2D eigenvalue weighted by Gasteiger charge is -2.33. The van der Waals surface area contributed by atoms with E-state index in [2.05, 4.69) is 23.6 Å². The van der Waals surface area contributed by atoms with Crippen LogP contribution in [0.2, 0.25) is 0 Å². The Morgan fingerprint density at radius 3 is 1.59 bits per heavy atom. The van der Waals surface area contributed by atoms with Crippen molar-refractivity contribution in [3.8, 4) is 0 Å². The fourth-order valence-corrected chi connectivity index (χ4v) is 5.43. The van der Waals surface area contributed by atoms with Crippen LogP contribution in [0.4, 0.5) is 0 Å². The quantitative estimate of drug-likeness (QED) is 0.718. The summed E-state index contributed by atoms with van der Waals surface area (Å²) in [5.74, 6) is 2.08. The Morgan fingerprint density at radius 1 is 0.704 bits per heavy atom. The summed E-state index contributed by atoms with van der Waals surface area (Å²) in [6.07, 6.45) is 12.6. The summed E-state index contributed by atoms with van der Waals surface area (Å²) in [6.45, 7) is 8.25. The van der Waals surface area contributed by atoms with E-state index in [1.807, 2.05) is 0 Å². The fraction of sp³-hybridized carbons (Fsp3) is 0.913. The largest absolute Gasteiger partial charge is 0.343 e. The summed E-state index contributed by atoms with van der Waals surface area (Å²) in [5.41, 5.74) is -0.0655. The van der Waals surface area contributed by atoms with Crippen molar-refractivity contribution in [1.29, 1.82) is 0 Å². The number of rotatable bonds is 4. The molecule has 0 unspecified atom stereocenters. The number of likely N-dealkylation sites (tertiary alicyclic amines) is 2. The minimum absolute atomic E-state index is 0.0655. The molecule has 1 saturated carbocycles. The third-order valence-electron chi connectivity index (χ3n) is 7.46. The van der Waals surface area contributed by atoms with E-state index in [-0.39, 0.29) is 5.41 Å². The van der Waals surface area contributed by atoms with Gasteiger partial charge in [0.25, 0.3) is 0 Å². The molecule has 2 heterocycles. The first-order valence-electron chi connectivity index (χ1n) is 11.5. The van der Waals surface area contributed by atoms with Gasteiger partial charge in [-0.3, -0.25) is 9.59 Å². The maximum Gasteiger partial charge on any atom is 0.223 e. The second-order valence-electron chi connectivity index (χ2n) is 9.89. The van der Waals surface area contributed by atoms with E-state index in [1.54, 1.807) is 0 Å². The SMILES string of the molecule is C[C@@H]1CCCN(C(=O)CC2(CC(=O)N3CCC[C@@H](C)CC3)CCCC2)CC1. The first-order chi connectivity index (χ1) is 13.0. The topological polar surface area (TPSA) is 40.6 Å². The van der Waals surface area contributed by atoms with Gasteiger partial charge in [0.05, 0.1) is 0 Å². The van der Waals surface area contributed by atoms with E-state index < -0.39 is 0 Å². The molecular formula is C23H40N2O2. The van der Waals surface area contributed by atoms with Crippen molar-refractivity contribution in [3.63, 3.8) is 0 Å². The molecule has 154 valence electrons. The Bertz CT molecular complexity index is 473. The van der Waals surface area contributed by atoms with Crippen molar-refractivity contribution in [1.82, 2.24) is 9.80 Å². The fourth-order valence-electron chi connectivity index (χ4n) is 5.43. The Balaban J connectivity index is 1.59. The zero-order valence-electron chi connectivity index (χ0n) is 17.7. The molecule has 3 aliphatic rings. The van der Waals surface area contributed by atoms with E-state index in [0.29, 0.717) is 24.7 Å². The highest BCUT2D eigenvalue weighted by Crippen LogP contribution is 2.45. The minimum Gasteiger partial charge on any atom is -0.343 e. The Labute approximate surface area is 166 Å². The average Bonchev–Trinajstić information content (AvgIpc) is 2.82. The van der Waals surface area contributed by atoms with Gasteiger partial charge in [0.15, 0.2) is 0 Å². The van der Waals surface area contributed by atoms with Crippen LogP contribution in [-0.4, -0.2) is 47.8 Å². The molecule has 0 radical (unpaired) electrons. The summed E-state index contributed by atoms with van der Waals surface area (Å²) in [6, 6.07) is 0. The second kappa shape index (κ2) is 9.43. The molecule has 0 spiro atoms. The van der Waals surface area contributed by atoms with Gasteiger partial charge in [-0.1, -0.05) is 26.7 Å². The predicted molar refractivity (Wildman–Crippen MR) is 109 cm³/mol. The Morgan fingerprint density at radius 2 is 1.15 bits per heavy atom. The van der Waals surface area contributed by atoms with Crippen LogP contribution in [0.3, 0.4) is 0 Å². The predicted octanol–water partition coefficient (Wildman–Crippen LogP) is 4.62. The van der Waals surface area contributed by atoms with Crippen molar-refractivity contribution in [3.05, 3.63) is 0 Å². The third-order valence-corrected chi connectivity index (χ3v) is 7.46. The molecule has 2 atom stereocenters. The summed E-state index contributed by atoms with van der Waals surface area (Å²) in [4.78, 5) is 30.3. The molecule has 0 aromatic heterocycles. The van der Waals surface area contributed by atoms with Crippen LogP contribution in [0.15, 0.2) is 0 Å². The maximum atomic E-state index is 13.1. The van der Waals surface area contributed by atoms with Crippen LogP contribution < -0.4 is 0 Å². The molecule has 0 bridgehead atoms. The Kier molecular flexibility index (Phi) is 7.22. The van der Waals surface area contributed by atoms with Crippen LogP contribution in [0.1, 0.15) is 90.9 Å². The highest BCUT2D eigenvalue weighted by molar-refractivity contribution is 5.80. The van der Waals surface area contributed by atoms with Gasteiger partial charge in [-0.05, 0) is 68.6 Å². The monoisotopic (exact) mass is 376 g/mol. The van der Waals surface area contributed by atoms with E-state index in [9.17, 15) is 9.59 Å². The summed E-state index contributed by atoms with van der Waals surface area (Å²) in [7, 11) is 0. The number of carbonyl (C=O) groups excluding carboxylic acids is 2. The molecule has 3 rings (SSSR count). The first-order valence-corrected chi connectivity index (χ1v) is 11.5. The van der Waals surface area contributed by atoms with Gasteiger partial charge in [-0.15, -0.1) is 0 Å². The van der Waals surface area contributed by atoms with Gasteiger partial charge < -0.3 is 9.80 Å². The molecule has 2 amide bonds. The van der Waals surface area contributed by atoms with Crippen molar-refractivity contribution >= 4 is 11.8 Å². The molecule has 3 fully saturated rings. The Hall–Kier alpha value is -1.06. The van der Waals surface area contributed by atoms with Gasteiger partial charge in [0.1, 0.15) is 0 Å². The summed E-state index contributed by atoms with van der Waals surface area (Å²) in [5, 5.41) is 0. The minimum atomic E-state index is -0.0655. The lowest BCUT2D eigenvalue weighted by molar-refractivity contribution is -0.137. The highest BCUT2D eigenvalue weighted by Gasteiger charge is 2.40. The number of carbonyl (C=O) groups is 2. The molecule has 1 aliphatic carbocycles. The molecule has 4 nitrogen and oxygen atoms in total. The average molecular weight is 377 g/mol. The molecule has 2 saturated heterocycles. The van der Waals surface area contributed by atoms with E-state index in [4.69, 9.17) is 0 Å². The zero-order valence-corrected chi connectivity index (χ0v) is 17.7. The summed E-state index contributed by atoms with van der Waals surface area (Å²) >= 11 is 0.